The average molecular weight is 175 g/mol. The fraction of sp³-hybridized carbons (Fsp3) is 0.417. The molecule has 0 radical (unpaired) electrons. The lowest BCUT2D eigenvalue weighted by atomic mass is 10.1. The molecule has 0 rings (SSSR count). The summed E-state index contributed by atoms with van der Waals surface area (Å²) in [6.45, 7) is 6.30. The van der Waals surface area contributed by atoms with Crippen LogP contribution in [0.1, 0.15) is 33.6 Å². The van der Waals surface area contributed by atoms with Gasteiger partial charge >= 0.3 is 0 Å². The number of hydrogen-bond donors (Lipinski definition) is 0. The molecule has 0 unspecified atom stereocenters. The van der Waals surface area contributed by atoms with Crippen LogP contribution in [-0.2, 0) is 0 Å². The highest BCUT2D eigenvalue weighted by Crippen LogP contribution is 2.06. The summed E-state index contributed by atoms with van der Waals surface area (Å²) in [7, 11) is 0. The summed E-state index contributed by atoms with van der Waals surface area (Å²) in [6.07, 6.45) is 9.65. The number of rotatable bonds is 4. The van der Waals surface area contributed by atoms with E-state index in [0.717, 1.165) is 12.8 Å². The lowest BCUT2D eigenvalue weighted by Gasteiger charge is -1.95. The zero-order chi connectivity index (χ0) is 10.1. The molecule has 0 aliphatic rings. The summed E-state index contributed by atoms with van der Waals surface area (Å²) in [5.74, 6) is 0. The number of allylic oxidation sites excluding steroid dienone is 6. The molecule has 13 heavy (non-hydrogen) atoms. The van der Waals surface area contributed by atoms with Crippen molar-refractivity contribution in [3.8, 4) is 6.07 Å². The third-order valence-electron chi connectivity index (χ3n) is 1.64. The number of nitrogens with zero attached hydrogens (tertiary/aromatic N) is 1. The van der Waals surface area contributed by atoms with Crippen LogP contribution in [0.15, 0.2) is 35.5 Å². The van der Waals surface area contributed by atoms with Crippen molar-refractivity contribution < 1.29 is 0 Å². The zero-order valence-corrected chi connectivity index (χ0v) is 8.67. The minimum absolute atomic E-state index is 1.07. The van der Waals surface area contributed by atoms with Gasteiger partial charge in [0, 0.05) is 6.08 Å². The summed E-state index contributed by atoms with van der Waals surface area (Å²) >= 11 is 0. The predicted octanol–water partition coefficient (Wildman–Crippen LogP) is 3.76. The molecule has 1 heteroatoms. The Morgan fingerprint density at radius 1 is 1.31 bits per heavy atom. The fourth-order valence-corrected chi connectivity index (χ4v) is 0.927. The average Bonchev–Trinajstić information content (AvgIpc) is 2.04. The Kier molecular flexibility index (Phi) is 6.63. The molecular weight excluding hydrogens is 158 g/mol. The van der Waals surface area contributed by atoms with Gasteiger partial charge in [-0.15, -0.1) is 0 Å². The van der Waals surface area contributed by atoms with E-state index in [9.17, 15) is 0 Å². The molecule has 0 spiro atoms. The fourth-order valence-electron chi connectivity index (χ4n) is 0.927. The molecule has 0 fully saturated rings. The summed E-state index contributed by atoms with van der Waals surface area (Å²) in [5, 5.41) is 8.25. The van der Waals surface area contributed by atoms with Gasteiger partial charge in [0.25, 0.3) is 0 Å². The first kappa shape index (κ1) is 11.7. The lowest BCUT2D eigenvalue weighted by Crippen LogP contribution is -1.75. The second kappa shape index (κ2) is 7.36. The highest BCUT2D eigenvalue weighted by molar-refractivity contribution is 5.16. The van der Waals surface area contributed by atoms with Crippen LogP contribution < -0.4 is 0 Å². The van der Waals surface area contributed by atoms with E-state index in [4.69, 9.17) is 5.26 Å². The molecule has 0 bridgehead atoms. The quantitative estimate of drug-likeness (QED) is 0.362. The van der Waals surface area contributed by atoms with E-state index in [1.54, 1.807) is 6.08 Å². The third-order valence-corrected chi connectivity index (χ3v) is 1.64. The summed E-state index contributed by atoms with van der Waals surface area (Å²) in [6, 6.07) is 1.96. The summed E-state index contributed by atoms with van der Waals surface area (Å²) in [5.41, 5.74) is 2.67. The van der Waals surface area contributed by atoms with Gasteiger partial charge in [-0.25, -0.2) is 0 Å². The molecule has 0 heterocycles. The number of nitriles is 1. The lowest BCUT2D eigenvalue weighted by molar-refractivity contribution is 0.967. The molecule has 0 saturated heterocycles. The second-order valence-electron chi connectivity index (χ2n) is 3.32. The van der Waals surface area contributed by atoms with E-state index in [-0.39, 0.29) is 0 Å². The smallest absolute Gasteiger partial charge is 0.0912 e. The topological polar surface area (TPSA) is 23.8 Å². The Labute approximate surface area is 81.1 Å². The van der Waals surface area contributed by atoms with E-state index >= 15 is 0 Å². The van der Waals surface area contributed by atoms with Crippen LogP contribution in [0.25, 0.3) is 0 Å². The Balaban J connectivity index is 3.82. The third kappa shape index (κ3) is 8.62. The summed E-state index contributed by atoms with van der Waals surface area (Å²) < 4.78 is 0. The van der Waals surface area contributed by atoms with E-state index in [2.05, 4.69) is 26.8 Å². The van der Waals surface area contributed by atoms with Crippen molar-refractivity contribution in [2.24, 2.45) is 0 Å². The van der Waals surface area contributed by atoms with Crippen LogP contribution in [-0.4, -0.2) is 0 Å². The van der Waals surface area contributed by atoms with E-state index < -0.39 is 0 Å². The first-order chi connectivity index (χ1) is 6.16. The molecule has 0 N–H and O–H groups in total. The molecular formula is C12H17N. The van der Waals surface area contributed by atoms with Crippen LogP contribution in [0.4, 0.5) is 0 Å². The maximum atomic E-state index is 8.25. The highest BCUT2D eigenvalue weighted by Gasteiger charge is 1.86. The van der Waals surface area contributed by atoms with Crippen LogP contribution in [0.5, 0.6) is 0 Å². The Morgan fingerprint density at radius 2 is 2.00 bits per heavy atom. The molecule has 70 valence electrons. The van der Waals surface area contributed by atoms with Gasteiger partial charge in [-0.2, -0.15) is 5.26 Å². The van der Waals surface area contributed by atoms with Crippen molar-refractivity contribution in [1.29, 1.82) is 5.26 Å². The van der Waals surface area contributed by atoms with Crippen molar-refractivity contribution in [2.45, 2.75) is 33.6 Å². The van der Waals surface area contributed by atoms with Gasteiger partial charge < -0.3 is 0 Å². The normalized spacial score (nSPS) is 11.4. The Hall–Kier alpha value is -1.29. The first-order valence-corrected chi connectivity index (χ1v) is 4.52. The molecule has 0 aliphatic carbocycles. The van der Waals surface area contributed by atoms with Gasteiger partial charge in [0.05, 0.1) is 6.07 Å². The molecule has 0 atom stereocenters. The molecule has 0 aromatic carbocycles. The maximum absolute atomic E-state index is 8.25. The van der Waals surface area contributed by atoms with Crippen LogP contribution in [0.2, 0.25) is 0 Å². The summed E-state index contributed by atoms with van der Waals surface area (Å²) in [4.78, 5) is 0. The standard InChI is InChI=1S/C12H17N/c1-11(2)7-6-9-12(3)8-4-5-10-13/h4-5,7-8H,6,9H2,1-3H3/b5-4-,12-8+. The predicted molar refractivity (Wildman–Crippen MR) is 57.2 cm³/mol. The zero-order valence-electron chi connectivity index (χ0n) is 8.67. The van der Waals surface area contributed by atoms with Crippen LogP contribution in [0.3, 0.4) is 0 Å². The monoisotopic (exact) mass is 175 g/mol. The van der Waals surface area contributed by atoms with Gasteiger partial charge in [0.2, 0.25) is 0 Å². The minimum atomic E-state index is 1.07. The second-order valence-corrected chi connectivity index (χ2v) is 3.32. The molecule has 0 saturated carbocycles. The van der Waals surface area contributed by atoms with Gasteiger partial charge in [0.1, 0.15) is 0 Å². The van der Waals surface area contributed by atoms with Gasteiger partial charge in [-0.3, -0.25) is 0 Å². The molecule has 0 aromatic rings. The van der Waals surface area contributed by atoms with E-state index in [1.165, 1.54) is 17.2 Å². The maximum Gasteiger partial charge on any atom is 0.0912 e. The van der Waals surface area contributed by atoms with Crippen molar-refractivity contribution in [3.63, 3.8) is 0 Å². The van der Waals surface area contributed by atoms with Gasteiger partial charge in [-0.05, 0) is 33.6 Å². The Bertz CT molecular complexity index is 257. The molecule has 0 aromatic heterocycles. The molecule has 0 aliphatic heterocycles. The van der Waals surface area contributed by atoms with E-state index in [0.29, 0.717) is 0 Å². The first-order valence-electron chi connectivity index (χ1n) is 4.52. The van der Waals surface area contributed by atoms with Crippen molar-refractivity contribution in [2.75, 3.05) is 0 Å². The largest absolute Gasteiger partial charge is 0.193 e. The van der Waals surface area contributed by atoms with Crippen molar-refractivity contribution in [3.05, 3.63) is 35.5 Å². The van der Waals surface area contributed by atoms with Crippen LogP contribution in [0, 0.1) is 11.3 Å². The minimum Gasteiger partial charge on any atom is -0.193 e. The van der Waals surface area contributed by atoms with Crippen molar-refractivity contribution >= 4 is 0 Å². The highest BCUT2D eigenvalue weighted by atomic mass is 14.2. The van der Waals surface area contributed by atoms with Gasteiger partial charge in [0.15, 0.2) is 0 Å². The number of hydrogen-bond acceptors (Lipinski definition) is 1. The van der Waals surface area contributed by atoms with Gasteiger partial charge in [-0.1, -0.05) is 29.4 Å². The van der Waals surface area contributed by atoms with Crippen molar-refractivity contribution in [1.82, 2.24) is 0 Å². The molecule has 1 nitrogen and oxygen atoms in total. The Morgan fingerprint density at radius 3 is 2.54 bits per heavy atom. The molecule has 0 amide bonds. The van der Waals surface area contributed by atoms with Crippen LogP contribution >= 0.6 is 0 Å². The SMILES string of the molecule is CC(C)=CCC/C(C)=C/C=C\C#N. The van der Waals surface area contributed by atoms with E-state index in [1.807, 2.05) is 12.1 Å².